The standard InChI is InChI=1S/C16H16Cl2N2O/c1-20(10-12-5-3-2-4-6-12)11-16(21)19-13-7-8-14(17)15(18)9-13/h2-9H,10-11H2,1H3,(H,19,21)/p+1. The van der Waals surface area contributed by atoms with Gasteiger partial charge in [-0.15, -0.1) is 0 Å². The first-order valence-corrected chi connectivity index (χ1v) is 7.40. The van der Waals surface area contributed by atoms with Crippen molar-refractivity contribution in [2.24, 2.45) is 0 Å². The molecule has 0 fully saturated rings. The van der Waals surface area contributed by atoms with E-state index in [-0.39, 0.29) is 5.91 Å². The van der Waals surface area contributed by atoms with Gasteiger partial charge in [0.25, 0.3) is 5.91 Å². The van der Waals surface area contributed by atoms with Crippen molar-refractivity contribution < 1.29 is 9.69 Å². The number of likely N-dealkylation sites (N-methyl/N-ethyl adjacent to an activating group) is 1. The van der Waals surface area contributed by atoms with Crippen LogP contribution in [-0.4, -0.2) is 19.5 Å². The molecule has 0 heterocycles. The Morgan fingerprint density at radius 2 is 1.81 bits per heavy atom. The number of hydrogen-bond acceptors (Lipinski definition) is 1. The minimum Gasteiger partial charge on any atom is -0.326 e. The lowest BCUT2D eigenvalue weighted by atomic mass is 10.2. The van der Waals surface area contributed by atoms with Gasteiger partial charge in [-0.05, 0) is 18.2 Å². The van der Waals surface area contributed by atoms with Crippen LogP contribution >= 0.6 is 23.2 Å². The van der Waals surface area contributed by atoms with Gasteiger partial charge >= 0.3 is 0 Å². The van der Waals surface area contributed by atoms with Gasteiger partial charge in [0, 0.05) is 11.3 Å². The van der Waals surface area contributed by atoms with Crippen LogP contribution in [0.25, 0.3) is 0 Å². The molecule has 0 aliphatic heterocycles. The van der Waals surface area contributed by atoms with Crippen molar-refractivity contribution in [3.8, 4) is 0 Å². The molecule has 0 saturated heterocycles. The molecule has 1 unspecified atom stereocenters. The summed E-state index contributed by atoms with van der Waals surface area (Å²) in [5, 5.41) is 3.73. The number of hydrogen-bond donors (Lipinski definition) is 2. The molecule has 0 aromatic heterocycles. The van der Waals surface area contributed by atoms with Crippen molar-refractivity contribution in [2.75, 3.05) is 18.9 Å². The molecule has 0 bridgehead atoms. The van der Waals surface area contributed by atoms with E-state index in [4.69, 9.17) is 23.2 Å². The summed E-state index contributed by atoms with van der Waals surface area (Å²) >= 11 is 11.8. The van der Waals surface area contributed by atoms with Crippen molar-refractivity contribution in [1.82, 2.24) is 0 Å². The average Bonchev–Trinajstić information content (AvgIpc) is 2.43. The molecule has 110 valence electrons. The van der Waals surface area contributed by atoms with E-state index >= 15 is 0 Å². The summed E-state index contributed by atoms with van der Waals surface area (Å²) in [7, 11) is 1.99. The van der Waals surface area contributed by atoms with Crippen molar-refractivity contribution in [1.29, 1.82) is 0 Å². The number of halogens is 2. The van der Waals surface area contributed by atoms with Crippen LogP contribution in [0.3, 0.4) is 0 Å². The largest absolute Gasteiger partial charge is 0.326 e. The fourth-order valence-electron chi connectivity index (χ4n) is 2.06. The summed E-state index contributed by atoms with van der Waals surface area (Å²) in [6, 6.07) is 15.1. The average molecular weight is 324 g/mol. The third-order valence-electron chi connectivity index (χ3n) is 3.01. The molecule has 1 atom stereocenters. The smallest absolute Gasteiger partial charge is 0.279 e. The van der Waals surface area contributed by atoms with Gasteiger partial charge in [0.15, 0.2) is 6.54 Å². The highest BCUT2D eigenvalue weighted by molar-refractivity contribution is 6.42. The number of benzene rings is 2. The van der Waals surface area contributed by atoms with Crippen molar-refractivity contribution in [3.63, 3.8) is 0 Å². The molecule has 3 nitrogen and oxygen atoms in total. The lowest BCUT2D eigenvalue weighted by molar-refractivity contribution is -0.885. The highest BCUT2D eigenvalue weighted by Crippen LogP contribution is 2.24. The SMILES string of the molecule is C[NH+](CC(=O)Nc1ccc(Cl)c(Cl)c1)Cc1ccccc1. The van der Waals surface area contributed by atoms with Crippen LogP contribution in [0, 0.1) is 0 Å². The molecular formula is C16H17Cl2N2O+. The van der Waals surface area contributed by atoms with Gasteiger partial charge < -0.3 is 10.2 Å². The van der Waals surface area contributed by atoms with E-state index in [1.807, 2.05) is 25.2 Å². The molecule has 0 aliphatic carbocycles. The highest BCUT2D eigenvalue weighted by Gasteiger charge is 2.11. The fraction of sp³-hybridized carbons (Fsp3) is 0.188. The molecular weight excluding hydrogens is 307 g/mol. The Balaban J connectivity index is 1.87. The summed E-state index contributed by atoms with van der Waals surface area (Å²) in [6.07, 6.45) is 0. The van der Waals surface area contributed by atoms with E-state index in [1.54, 1.807) is 18.2 Å². The van der Waals surface area contributed by atoms with Gasteiger partial charge in [-0.3, -0.25) is 4.79 Å². The first-order valence-electron chi connectivity index (χ1n) is 6.65. The van der Waals surface area contributed by atoms with Gasteiger partial charge in [-0.1, -0.05) is 53.5 Å². The molecule has 2 aromatic carbocycles. The maximum atomic E-state index is 12.0. The quantitative estimate of drug-likeness (QED) is 0.871. The van der Waals surface area contributed by atoms with E-state index in [0.717, 1.165) is 11.4 Å². The van der Waals surface area contributed by atoms with Gasteiger partial charge in [0.2, 0.25) is 0 Å². The Bertz CT molecular complexity index is 617. The summed E-state index contributed by atoms with van der Waals surface area (Å²) in [6.45, 7) is 1.19. The topological polar surface area (TPSA) is 33.5 Å². The van der Waals surface area contributed by atoms with Gasteiger partial charge in [0.1, 0.15) is 6.54 Å². The number of rotatable bonds is 5. The molecule has 0 spiro atoms. The van der Waals surface area contributed by atoms with E-state index < -0.39 is 0 Å². The Morgan fingerprint density at radius 1 is 1.10 bits per heavy atom. The van der Waals surface area contributed by atoms with E-state index in [1.165, 1.54) is 5.56 Å². The summed E-state index contributed by atoms with van der Waals surface area (Å²) in [5.74, 6) is -0.0539. The predicted molar refractivity (Wildman–Crippen MR) is 87.0 cm³/mol. The Kier molecular flexibility index (Phi) is 5.62. The highest BCUT2D eigenvalue weighted by atomic mass is 35.5. The maximum Gasteiger partial charge on any atom is 0.279 e. The fourth-order valence-corrected chi connectivity index (χ4v) is 2.36. The summed E-state index contributed by atoms with van der Waals surface area (Å²) in [5.41, 5.74) is 1.86. The second-order valence-corrected chi connectivity index (χ2v) is 5.79. The number of carbonyl (C=O) groups is 1. The van der Waals surface area contributed by atoms with Crippen molar-refractivity contribution in [2.45, 2.75) is 6.54 Å². The maximum absolute atomic E-state index is 12.0. The number of quaternary nitrogens is 1. The Hall–Kier alpha value is -1.55. The minimum atomic E-state index is -0.0539. The molecule has 2 aromatic rings. The molecule has 0 radical (unpaired) electrons. The van der Waals surface area contributed by atoms with E-state index in [0.29, 0.717) is 22.3 Å². The molecule has 2 rings (SSSR count). The van der Waals surface area contributed by atoms with Crippen molar-refractivity contribution in [3.05, 3.63) is 64.1 Å². The predicted octanol–water partition coefficient (Wildman–Crippen LogP) is 2.65. The van der Waals surface area contributed by atoms with Crippen LogP contribution in [0.2, 0.25) is 10.0 Å². The van der Waals surface area contributed by atoms with Crippen LogP contribution in [0.4, 0.5) is 5.69 Å². The zero-order valence-electron chi connectivity index (χ0n) is 11.7. The number of amides is 1. The summed E-state index contributed by atoms with van der Waals surface area (Å²) in [4.78, 5) is 13.1. The number of anilines is 1. The van der Waals surface area contributed by atoms with Crippen LogP contribution in [0.5, 0.6) is 0 Å². The van der Waals surface area contributed by atoms with Crippen LogP contribution in [-0.2, 0) is 11.3 Å². The second-order valence-electron chi connectivity index (χ2n) is 4.97. The normalized spacial score (nSPS) is 12.0. The van der Waals surface area contributed by atoms with Crippen LogP contribution in [0.1, 0.15) is 5.56 Å². The first kappa shape index (κ1) is 15.8. The van der Waals surface area contributed by atoms with Gasteiger partial charge in [-0.2, -0.15) is 0 Å². The minimum absolute atomic E-state index is 0.0539. The zero-order chi connectivity index (χ0) is 15.2. The molecule has 5 heteroatoms. The van der Waals surface area contributed by atoms with Gasteiger partial charge in [0.05, 0.1) is 17.1 Å². The molecule has 21 heavy (non-hydrogen) atoms. The first-order chi connectivity index (χ1) is 10.0. The number of carbonyl (C=O) groups excluding carboxylic acids is 1. The van der Waals surface area contributed by atoms with Crippen LogP contribution < -0.4 is 10.2 Å². The molecule has 0 saturated carbocycles. The molecule has 0 aliphatic rings. The monoisotopic (exact) mass is 323 g/mol. The lowest BCUT2D eigenvalue weighted by Crippen LogP contribution is -3.08. The number of nitrogens with one attached hydrogen (secondary N) is 2. The Labute approximate surface area is 134 Å². The van der Waals surface area contributed by atoms with Crippen LogP contribution in [0.15, 0.2) is 48.5 Å². The zero-order valence-corrected chi connectivity index (χ0v) is 13.2. The third kappa shape index (κ3) is 5.05. The van der Waals surface area contributed by atoms with E-state index in [9.17, 15) is 4.79 Å². The van der Waals surface area contributed by atoms with E-state index in [2.05, 4.69) is 17.4 Å². The molecule has 2 N–H and O–H groups in total. The Morgan fingerprint density at radius 3 is 2.48 bits per heavy atom. The summed E-state index contributed by atoms with van der Waals surface area (Å²) < 4.78 is 0. The lowest BCUT2D eigenvalue weighted by Gasteiger charge is -2.14. The molecule has 1 amide bonds. The van der Waals surface area contributed by atoms with Crippen molar-refractivity contribution >= 4 is 34.8 Å². The van der Waals surface area contributed by atoms with Gasteiger partial charge in [-0.25, -0.2) is 0 Å². The second kappa shape index (κ2) is 7.46. The third-order valence-corrected chi connectivity index (χ3v) is 3.75.